The Balaban J connectivity index is 1.52. The third kappa shape index (κ3) is 4.74. The van der Waals surface area contributed by atoms with Gasteiger partial charge in [0.15, 0.2) is 5.82 Å². The maximum atomic E-state index is 12.3. The molecule has 16 nitrogen and oxygen atoms in total. The number of carbonyl (C=O) groups excluding carboxylic acids is 3. The Kier molecular flexibility index (Phi) is 5.58. The summed E-state index contributed by atoms with van der Waals surface area (Å²) in [6.45, 7) is -0.352. The molecule has 3 rings (SSSR count). The lowest BCUT2D eigenvalue weighted by molar-refractivity contribution is -0.132. The molecule has 0 spiro atoms. The molecule has 3 N–H and O–H groups in total. The summed E-state index contributed by atoms with van der Waals surface area (Å²) in [6, 6.07) is -0.670. The summed E-state index contributed by atoms with van der Waals surface area (Å²) in [5, 5.41) is 20.0. The number of nitriles is 1. The Bertz CT molecular complexity index is 971. The number of urea groups is 1. The number of hydrogen-bond donors (Lipinski definition) is 3. The van der Waals surface area contributed by atoms with E-state index in [0.717, 1.165) is 9.70 Å². The van der Waals surface area contributed by atoms with E-state index in [4.69, 9.17) is 9.81 Å². The number of tetrazole rings is 1. The number of carbonyl (C=O) groups is 3. The molecule has 3 heterocycles. The van der Waals surface area contributed by atoms with Crippen molar-refractivity contribution in [3.63, 3.8) is 0 Å². The number of hydrazine groups is 1. The van der Waals surface area contributed by atoms with Gasteiger partial charge in [0.1, 0.15) is 12.6 Å². The Morgan fingerprint density at radius 2 is 2.10 bits per heavy atom. The summed E-state index contributed by atoms with van der Waals surface area (Å²) >= 11 is 0. The van der Waals surface area contributed by atoms with Crippen molar-refractivity contribution < 1.29 is 31.6 Å². The van der Waals surface area contributed by atoms with Crippen molar-refractivity contribution in [1.82, 2.24) is 41.0 Å². The molecule has 2 aliphatic heterocycles. The van der Waals surface area contributed by atoms with E-state index in [0.29, 0.717) is 5.06 Å². The number of aromatic nitrogens is 4. The van der Waals surface area contributed by atoms with Gasteiger partial charge in [-0.25, -0.2) is 4.79 Å². The van der Waals surface area contributed by atoms with Crippen LogP contribution in [0.15, 0.2) is 0 Å². The highest BCUT2D eigenvalue weighted by Crippen LogP contribution is 2.30. The molecule has 0 aliphatic carbocycles. The average Bonchev–Trinajstić information content (AvgIpc) is 3.17. The Morgan fingerprint density at radius 3 is 2.79 bits per heavy atom. The first-order chi connectivity index (χ1) is 13.7. The maximum Gasteiger partial charge on any atom is 0.418 e. The van der Waals surface area contributed by atoms with Crippen LogP contribution in [0.3, 0.4) is 0 Å². The molecule has 2 fully saturated rings. The van der Waals surface area contributed by atoms with Gasteiger partial charge in [-0.1, -0.05) is 0 Å². The predicted octanol–water partition coefficient (Wildman–Crippen LogP) is -3.11. The minimum atomic E-state index is -4.89. The SMILES string of the molecule is N#CCc1nnn(CC(=O)NNC(=O)C2CCC3CN2C(=O)N3OS(=O)(=O)O)n1. The summed E-state index contributed by atoms with van der Waals surface area (Å²) in [5.74, 6) is -1.24. The first kappa shape index (κ1) is 20.4. The molecule has 17 heteroatoms. The summed E-state index contributed by atoms with van der Waals surface area (Å²) in [7, 11) is -4.89. The summed E-state index contributed by atoms with van der Waals surface area (Å²) < 4.78 is 34.8. The quantitative estimate of drug-likeness (QED) is 0.304. The van der Waals surface area contributed by atoms with Crippen molar-refractivity contribution in [1.29, 1.82) is 5.26 Å². The molecular formula is C12H15N9O7S. The van der Waals surface area contributed by atoms with Gasteiger partial charge in [-0.3, -0.25) is 25.0 Å². The predicted molar refractivity (Wildman–Crippen MR) is 86.8 cm³/mol. The molecule has 0 saturated carbocycles. The van der Waals surface area contributed by atoms with Crippen LogP contribution in [-0.4, -0.2) is 79.6 Å². The Morgan fingerprint density at radius 1 is 1.34 bits per heavy atom. The van der Waals surface area contributed by atoms with E-state index in [1.54, 1.807) is 0 Å². The van der Waals surface area contributed by atoms with Gasteiger partial charge in [0.05, 0.1) is 18.5 Å². The molecule has 4 amide bonds. The van der Waals surface area contributed by atoms with E-state index in [1.165, 1.54) is 0 Å². The first-order valence-electron chi connectivity index (χ1n) is 8.17. The summed E-state index contributed by atoms with van der Waals surface area (Å²) in [4.78, 5) is 38.5. The van der Waals surface area contributed by atoms with Crippen molar-refractivity contribution in [3.8, 4) is 6.07 Å². The highest BCUT2D eigenvalue weighted by atomic mass is 32.3. The molecule has 1 aromatic heterocycles. The zero-order valence-electron chi connectivity index (χ0n) is 14.6. The van der Waals surface area contributed by atoms with Crippen molar-refractivity contribution in [3.05, 3.63) is 5.82 Å². The zero-order chi connectivity index (χ0) is 21.2. The number of hydrogen-bond acceptors (Lipinski definition) is 10. The molecule has 2 bridgehead atoms. The molecule has 2 aliphatic rings. The van der Waals surface area contributed by atoms with E-state index < -0.39 is 40.3 Å². The number of rotatable bonds is 6. The minimum absolute atomic E-state index is 0.0188. The standard InChI is InChI=1S/C12H15N9O7S/c13-4-3-9-14-18-20(17-9)6-10(22)15-16-11(23)8-2-1-7-5-19(8)12(24)21(7)28-29(25,26)27/h7-8H,1-3,5-6H2,(H,15,22)(H,16,23)(H,25,26,27). The van der Waals surface area contributed by atoms with Gasteiger partial charge in [-0.05, 0) is 18.1 Å². The van der Waals surface area contributed by atoms with Crippen LogP contribution in [0.4, 0.5) is 4.79 Å². The Hall–Kier alpha value is -3.36. The van der Waals surface area contributed by atoms with Gasteiger partial charge < -0.3 is 4.90 Å². The topological polar surface area (TPSA) is 213 Å². The monoisotopic (exact) mass is 429 g/mol. The van der Waals surface area contributed by atoms with Crippen LogP contribution < -0.4 is 10.9 Å². The molecule has 156 valence electrons. The molecule has 0 aromatic carbocycles. The molecule has 2 unspecified atom stereocenters. The second kappa shape index (κ2) is 7.94. The lowest BCUT2D eigenvalue weighted by Gasteiger charge is -2.29. The van der Waals surface area contributed by atoms with Crippen LogP contribution in [0, 0.1) is 11.3 Å². The molecule has 0 radical (unpaired) electrons. The van der Waals surface area contributed by atoms with E-state index in [2.05, 4.69) is 30.5 Å². The van der Waals surface area contributed by atoms with Gasteiger partial charge in [-0.2, -0.15) is 23.5 Å². The number of nitrogens with one attached hydrogen (secondary N) is 2. The van der Waals surface area contributed by atoms with E-state index in [9.17, 15) is 22.8 Å². The second-order valence-electron chi connectivity index (χ2n) is 6.12. The van der Waals surface area contributed by atoms with Gasteiger partial charge in [-0.15, -0.1) is 14.5 Å². The number of piperidine rings is 1. The largest absolute Gasteiger partial charge is 0.418 e. The fourth-order valence-corrected chi connectivity index (χ4v) is 3.36. The minimum Gasteiger partial charge on any atom is -0.309 e. The highest BCUT2D eigenvalue weighted by Gasteiger charge is 2.49. The van der Waals surface area contributed by atoms with Crippen molar-refractivity contribution >= 4 is 28.2 Å². The van der Waals surface area contributed by atoms with Crippen LogP contribution in [0.2, 0.25) is 0 Å². The van der Waals surface area contributed by atoms with Crippen LogP contribution in [0.5, 0.6) is 0 Å². The van der Waals surface area contributed by atoms with Crippen molar-refractivity contribution in [2.75, 3.05) is 6.54 Å². The number of amides is 4. The molecule has 2 saturated heterocycles. The lowest BCUT2D eigenvalue weighted by Crippen LogP contribution is -2.54. The number of nitrogens with zero attached hydrogens (tertiary/aromatic N) is 7. The molecule has 29 heavy (non-hydrogen) atoms. The van der Waals surface area contributed by atoms with Gasteiger partial charge in [0, 0.05) is 6.54 Å². The first-order valence-corrected chi connectivity index (χ1v) is 9.53. The van der Waals surface area contributed by atoms with Crippen LogP contribution >= 0.6 is 0 Å². The normalized spacial score (nSPS) is 21.0. The van der Waals surface area contributed by atoms with Crippen molar-refractivity contribution in [2.24, 2.45) is 0 Å². The molecule has 1 aromatic rings. The summed E-state index contributed by atoms with van der Waals surface area (Å²) in [5.41, 5.74) is 4.31. The fourth-order valence-electron chi connectivity index (χ4n) is 2.97. The number of hydroxylamine groups is 2. The van der Waals surface area contributed by atoms with Crippen LogP contribution in [0.25, 0.3) is 0 Å². The van der Waals surface area contributed by atoms with E-state index in [-0.39, 0.29) is 38.2 Å². The second-order valence-corrected chi connectivity index (χ2v) is 7.12. The highest BCUT2D eigenvalue weighted by molar-refractivity contribution is 7.80. The third-order valence-corrected chi connectivity index (χ3v) is 4.49. The maximum absolute atomic E-state index is 12.3. The van der Waals surface area contributed by atoms with E-state index in [1.807, 2.05) is 6.07 Å². The smallest absolute Gasteiger partial charge is 0.309 e. The zero-order valence-corrected chi connectivity index (χ0v) is 15.4. The van der Waals surface area contributed by atoms with Crippen LogP contribution in [0.1, 0.15) is 18.7 Å². The van der Waals surface area contributed by atoms with Gasteiger partial charge in [0.25, 0.3) is 11.8 Å². The molecular weight excluding hydrogens is 414 g/mol. The summed E-state index contributed by atoms with van der Waals surface area (Å²) in [6.07, 6.45) is 0.364. The van der Waals surface area contributed by atoms with Crippen LogP contribution in [-0.2, 0) is 37.2 Å². The van der Waals surface area contributed by atoms with Gasteiger partial charge in [0.2, 0.25) is 0 Å². The van der Waals surface area contributed by atoms with Gasteiger partial charge >= 0.3 is 16.4 Å². The third-order valence-electron chi connectivity index (χ3n) is 4.14. The lowest BCUT2D eigenvalue weighted by atomic mass is 10.0. The Labute approximate surface area is 163 Å². The van der Waals surface area contributed by atoms with Crippen molar-refractivity contribution in [2.45, 2.75) is 37.9 Å². The average molecular weight is 429 g/mol. The molecule has 2 atom stereocenters. The fraction of sp³-hybridized carbons (Fsp3) is 0.583. The number of fused-ring (bicyclic) bond motifs is 2. The van der Waals surface area contributed by atoms with E-state index >= 15 is 0 Å².